The molecule has 0 saturated carbocycles. The van der Waals surface area contributed by atoms with Gasteiger partial charge in [0.05, 0.1) is 22.8 Å². The van der Waals surface area contributed by atoms with Gasteiger partial charge in [-0.25, -0.2) is 9.97 Å². The Morgan fingerprint density at radius 1 is 0.323 bits per heavy atom. The number of benzene rings is 4. The molecule has 16 nitrogen and oxygen atoms in total. The molecule has 6 N–H and O–H groups in total. The van der Waals surface area contributed by atoms with Crippen LogP contribution in [-0.4, -0.2) is 71.8 Å². The topological polar surface area (TPSA) is 275 Å². The van der Waals surface area contributed by atoms with E-state index in [-0.39, 0.29) is 0 Å². The van der Waals surface area contributed by atoms with E-state index in [0.29, 0.717) is 0 Å². The molecule has 0 unspecified atom stereocenters. The van der Waals surface area contributed by atoms with E-state index in [1.54, 1.807) is 0 Å². The fraction of sp³-hybridized carbons (Fsp3) is 0. The molecule has 3 aromatic heterocycles. The summed E-state index contributed by atoms with van der Waals surface area (Å²) in [7, 11) is -34.5. The molecular weight excluding hydrogens is 970 g/mol. The summed E-state index contributed by atoms with van der Waals surface area (Å²) < 4.78 is 119. The third kappa shape index (κ3) is 8.45. The van der Waals surface area contributed by atoms with Crippen LogP contribution in [0.25, 0.3) is 90.9 Å². The molecule has 2 aliphatic rings. The Balaban J connectivity index is 0.000000290. The Bertz CT molecular complexity index is 3220. The van der Waals surface area contributed by atoms with E-state index in [2.05, 4.69) is 156 Å². The van der Waals surface area contributed by atoms with Crippen LogP contribution in [0.2, 0.25) is 0 Å². The van der Waals surface area contributed by atoms with E-state index in [9.17, 15) is 33.7 Å². The summed E-state index contributed by atoms with van der Waals surface area (Å²) in [5, 5.41) is 0. The molecule has 65 heavy (non-hydrogen) atoms. The van der Waals surface area contributed by atoms with Crippen LogP contribution in [-0.2, 0) is 42.3 Å². The molecule has 0 amide bonds. The quantitative estimate of drug-likeness (QED) is 0.0614. The van der Waals surface area contributed by atoms with Crippen LogP contribution < -0.4 is 0 Å². The van der Waals surface area contributed by atoms with E-state index in [1.807, 2.05) is 24.3 Å². The number of fused-ring (bicyclic) bond motifs is 8. The van der Waals surface area contributed by atoms with Crippen molar-refractivity contribution in [2.75, 3.05) is 0 Å². The predicted molar refractivity (Wildman–Crippen MR) is 247 cm³/mol. The van der Waals surface area contributed by atoms with Crippen molar-refractivity contribution in [1.29, 1.82) is 0 Å². The van der Waals surface area contributed by atoms with Crippen LogP contribution in [0.15, 0.2) is 146 Å². The standard InChI is InChI=1S/C44H30N4.4HO3S.Zn/c1-5-13-29(14-6-1)41-33-21-23-35(45-33)42(30-15-7-2-8-16-30)37-25-27-39(47-37)44(32-19-11-4-12-20-32)40-28-26-38(48-40)43(31-17-9-3-10-18-31)36-24-22-34(41)46-36;4*1-4(2)3;/h1-28,45,48H;4*(H,1,2,3);. The summed E-state index contributed by atoms with van der Waals surface area (Å²) in [6.07, 6.45) is 8.54. The Morgan fingerprint density at radius 2 is 0.523 bits per heavy atom. The zero-order valence-electron chi connectivity index (χ0n) is 33.5. The van der Waals surface area contributed by atoms with Gasteiger partial charge < -0.3 is 9.97 Å². The number of hydrogen-bond acceptors (Lipinski definition) is 10. The second-order valence-electron chi connectivity index (χ2n) is 15.0. The van der Waals surface area contributed by atoms with Gasteiger partial charge in [0.2, 0.25) is 0 Å². The average Bonchev–Trinajstić information content (AvgIpc) is 4.09. The third-order valence-electron chi connectivity index (χ3n) is 10.8. The number of nitrogens with zero attached hydrogens (tertiary/aromatic N) is 2. The molecule has 4 aromatic carbocycles. The first-order valence-corrected chi connectivity index (χ1v) is 40.4. The van der Waals surface area contributed by atoms with Gasteiger partial charge in [-0.05, 0) is 70.8 Å². The number of nitrogens with one attached hydrogen (secondary N) is 2. The molecule has 8 bridgehead atoms. The summed E-state index contributed by atoms with van der Waals surface area (Å²) in [5.41, 5.74) is 16.2. The normalized spacial score (nSPS) is 12.7. The molecule has 2 aliphatic heterocycles. The van der Waals surface area contributed by atoms with E-state index in [4.69, 9.17) is 28.2 Å². The fourth-order valence-electron chi connectivity index (χ4n) is 7.97. The Kier molecular flexibility index (Phi) is 12.0. The van der Waals surface area contributed by atoms with Gasteiger partial charge >= 0.3 is 94.2 Å². The molecule has 9 rings (SSSR count). The van der Waals surface area contributed by atoms with Crippen molar-refractivity contribution in [3.05, 3.63) is 168 Å². The van der Waals surface area contributed by atoms with Gasteiger partial charge in [-0.3, -0.25) is 0 Å². The molecular formula is C44H34N4O12S4Zn. The third-order valence-corrected chi connectivity index (χ3v) is 92.6. The van der Waals surface area contributed by atoms with Crippen LogP contribution in [0, 0.1) is 0 Å². The number of rotatable bonds is 8. The summed E-state index contributed by atoms with van der Waals surface area (Å²) in [6.45, 7) is 0. The van der Waals surface area contributed by atoms with Gasteiger partial charge in [0.1, 0.15) is 0 Å². The Labute approximate surface area is 371 Å². The molecule has 21 heteroatoms. The minimum atomic E-state index is -8.56. The first-order chi connectivity index (χ1) is 30.8. The van der Waals surface area contributed by atoms with Gasteiger partial charge in [-0.1, -0.05) is 121 Å². The van der Waals surface area contributed by atoms with Gasteiger partial charge in [-0.2, -0.15) is 0 Å². The maximum absolute atomic E-state index is 10.6. The van der Waals surface area contributed by atoms with Crippen molar-refractivity contribution < 1.29 is 61.8 Å². The monoisotopic (exact) mass is 1000 g/mol. The van der Waals surface area contributed by atoms with Gasteiger partial charge in [0.15, 0.2) is 0 Å². The molecule has 328 valence electrons. The van der Waals surface area contributed by atoms with Gasteiger partial charge in [-0.15, -0.1) is 0 Å². The zero-order chi connectivity index (χ0) is 46.4. The summed E-state index contributed by atoms with van der Waals surface area (Å²) in [4.78, 5) is 18.3. The van der Waals surface area contributed by atoms with E-state index >= 15 is 0 Å². The molecule has 0 saturated heterocycles. The number of hydrogen-bond donors (Lipinski definition) is 6. The van der Waals surface area contributed by atoms with E-state index in [1.165, 1.54) is 0 Å². The Hall–Kier alpha value is -6.26. The van der Waals surface area contributed by atoms with Crippen molar-refractivity contribution in [1.82, 2.24) is 19.9 Å². The average molecular weight is 1000 g/mol. The SMILES string of the molecule is C1=Cc2nc1c(-c1ccccc1)c1ccc([nH]1)c(-c1ccccc1)c1nc(c(-c3ccccc3)c3ccc([nH]3)c2-c2ccccc2)C=C1.O=[S](=O)(O)[Zn]([S](=O)(=O)O)([S](=O)(=O)O)[S](=O)(=O)O. The predicted octanol–water partition coefficient (Wildman–Crippen LogP) is 8.68. The number of aromatic nitrogens is 4. The van der Waals surface area contributed by atoms with Crippen molar-refractivity contribution in [2.24, 2.45) is 0 Å². The van der Waals surface area contributed by atoms with Crippen LogP contribution in [0.5, 0.6) is 0 Å². The van der Waals surface area contributed by atoms with Gasteiger partial charge in [0.25, 0.3) is 0 Å². The number of aromatic amines is 2. The van der Waals surface area contributed by atoms with Crippen LogP contribution in [0.1, 0.15) is 22.8 Å². The molecule has 7 aromatic rings. The van der Waals surface area contributed by atoms with Crippen molar-refractivity contribution in [3.63, 3.8) is 0 Å². The first-order valence-electron chi connectivity index (χ1n) is 19.4. The summed E-state index contributed by atoms with van der Waals surface area (Å²) >= 11 is 0. The maximum atomic E-state index is 10.6. The van der Waals surface area contributed by atoms with E-state index in [0.717, 1.165) is 89.4 Å². The molecule has 5 heterocycles. The molecule has 0 radical (unpaired) electrons. The molecule has 0 fully saturated rings. The van der Waals surface area contributed by atoms with Crippen molar-refractivity contribution in [3.8, 4) is 44.5 Å². The second kappa shape index (κ2) is 17.3. The molecule has 0 spiro atoms. The molecule has 0 aliphatic carbocycles. The Morgan fingerprint density at radius 3 is 0.692 bits per heavy atom. The van der Waals surface area contributed by atoms with Crippen LogP contribution >= 0.6 is 0 Å². The second-order valence-corrected chi connectivity index (χ2v) is 70.4. The van der Waals surface area contributed by atoms with E-state index < -0.39 is 42.3 Å². The minimum absolute atomic E-state index is 0.906. The number of H-pyrrole nitrogens is 2. The summed E-state index contributed by atoms with van der Waals surface area (Å²) in [5.74, 6) is 0. The van der Waals surface area contributed by atoms with Crippen LogP contribution in [0.3, 0.4) is 0 Å². The fourth-order valence-corrected chi connectivity index (χ4v) is 59.6. The zero-order valence-corrected chi connectivity index (χ0v) is 39.7. The summed E-state index contributed by atoms with van der Waals surface area (Å²) in [6, 6.07) is 50.7. The van der Waals surface area contributed by atoms with Gasteiger partial charge in [0, 0.05) is 44.3 Å². The first kappa shape index (κ1) is 45.3. The molecule has 0 atom stereocenters. The van der Waals surface area contributed by atoms with Crippen LogP contribution in [0.4, 0.5) is 0 Å². The van der Waals surface area contributed by atoms with Crippen molar-refractivity contribution >= 4 is 78.8 Å². The van der Waals surface area contributed by atoms with Crippen molar-refractivity contribution in [2.45, 2.75) is 0 Å².